The Kier molecular flexibility index (Phi) is 3.93. The quantitative estimate of drug-likeness (QED) is 0.636. The Hall–Kier alpha value is -2.43. The molecule has 21 heavy (non-hydrogen) atoms. The molecule has 0 bridgehead atoms. The SMILES string of the molecule is CC(C)(C)OC(=O)c1cc(-c2ccc(C=O)o2)ccc1F. The molecular formula is C16H15FO4. The van der Waals surface area contributed by atoms with Gasteiger partial charge in [-0.3, -0.25) is 4.79 Å². The first kappa shape index (κ1) is 15.0. The van der Waals surface area contributed by atoms with Crippen LogP contribution in [-0.4, -0.2) is 17.9 Å². The van der Waals surface area contributed by atoms with Gasteiger partial charge in [-0.2, -0.15) is 0 Å². The number of benzene rings is 1. The fraction of sp³-hybridized carbons (Fsp3) is 0.250. The van der Waals surface area contributed by atoms with Crippen molar-refractivity contribution < 1.29 is 23.1 Å². The fourth-order valence-electron chi connectivity index (χ4n) is 1.74. The Morgan fingerprint density at radius 1 is 1.24 bits per heavy atom. The summed E-state index contributed by atoms with van der Waals surface area (Å²) < 4.78 is 24.2. The van der Waals surface area contributed by atoms with Gasteiger partial charge in [-0.1, -0.05) is 0 Å². The molecule has 0 amide bonds. The molecule has 1 heterocycles. The van der Waals surface area contributed by atoms with Gasteiger partial charge in [-0.25, -0.2) is 9.18 Å². The Morgan fingerprint density at radius 3 is 2.52 bits per heavy atom. The number of carbonyl (C=O) groups is 2. The summed E-state index contributed by atoms with van der Waals surface area (Å²) in [6, 6.07) is 7.06. The fourth-order valence-corrected chi connectivity index (χ4v) is 1.74. The second kappa shape index (κ2) is 5.52. The van der Waals surface area contributed by atoms with Gasteiger partial charge in [0.15, 0.2) is 12.0 Å². The van der Waals surface area contributed by atoms with Crippen LogP contribution >= 0.6 is 0 Å². The van der Waals surface area contributed by atoms with Gasteiger partial charge in [0, 0.05) is 5.56 Å². The second-order valence-electron chi connectivity index (χ2n) is 5.52. The van der Waals surface area contributed by atoms with Crippen LogP contribution in [-0.2, 0) is 4.74 Å². The first-order valence-corrected chi connectivity index (χ1v) is 6.38. The minimum atomic E-state index is -0.746. The standard InChI is InChI=1S/C16H15FO4/c1-16(2,3)21-15(19)12-8-10(4-6-13(12)17)14-7-5-11(9-18)20-14/h4-9H,1-3H3. The average Bonchev–Trinajstić information content (AvgIpc) is 2.86. The molecule has 5 heteroatoms. The van der Waals surface area contributed by atoms with Crippen molar-refractivity contribution in [2.24, 2.45) is 0 Å². The van der Waals surface area contributed by atoms with Crippen LogP contribution in [0.15, 0.2) is 34.7 Å². The first-order chi connectivity index (χ1) is 9.80. The maximum atomic E-state index is 13.8. The van der Waals surface area contributed by atoms with Gasteiger partial charge in [-0.05, 0) is 51.1 Å². The number of furan rings is 1. The third-order valence-electron chi connectivity index (χ3n) is 2.61. The van der Waals surface area contributed by atoms with E-state index in [1.54, 1.807) is 26.8 Å². The van der Waals surface area contributed by atoms with Crippen molar-refractivity contribution in [3.05, 3.63) is 47.5 Å². The highest BCUT2D eigenvalue weighted by Crippen LogP contribution is 2.25. The molecule has 0 aliphatic heterocycles. The zero-order chi connectivity index (χ0) is 15.6. The number of esters is 1. The summed E-state index contributed by atoms with van der Waals surface area (Å²) in [6.07, 6.45) is 0.571. The highest BCUT2D eigenvalue weighted by Gasteiger charge is 2.21. The molecule has 0 N–H and O–H groups in total. The van der Waals surface area contributed by atoms with E-state index in [1.165, 1.54) is 18.2 Å². The molecule has 110 valence electrons. The summed E-state index contributed by atoms with van der Waals surface area (Å²) in [5, 5.41) is 0. The van der Waals surface area contributed by atoms with Gasteiger partial charge in [0.05, 0.1) is 5.56 Å². The Labute approximate surface area is 121 Å². The lowest BCUT2D eigenvalue weighted by atomic mass is 10.1. The first-order valence-electron chi connectivity index (χ1n) is 6.38. The Morgan fingerprint density at radius 2 is 1.95 bits per heavy atom. The van der Waals surface area contributed by atoms with Crippen LogP contribution in [0.1, 0.15) is 41.7 Å². The van der Waals surface area contributed by atoms with E-state index in [0.717, 1.165) is 6.07 Å². The van der Waals surface area contributed by atoms with Crippen LogP contribution in [0.25, 0.3) is 11.3 Å². The lowest BCUT2D eigenvalue weighted by Crippen LogP contribution is -2.24. The topological polar surface area (TPSA) is 56.5 Å². The molecule has 2 aromatic rings. The van der Waals surface area contributed by atoms with Crippen LogP contribution in [0.4, 0.5) is 4.39 Å². The summed E-state index contributed by atoms with van der Waals surface area (Å²) >= 11 is 0. The van der Waals surface area contributed by atoms with Gasteiger partial charge < -0.3 is 9.15 Å². The zero-order valence-electron chi connectivity index (χ0n) is 12.0. The minimum Gasteiger partial charge on any atom is -0.456 e. The monoisotopic (exact) mass is 290 g/mol. The molecule has 0 unspecified atom stereocenters. The second-order valence-corrected chi connectivity index (χ2v) is 5.52. The molecule has 0 fully saturated rings. The number of carbonyl (C=O) groups excluding carboxylic acids is 2. The lowest BCUT2D eigenvalue weighted by Gasteiger charge is -2.19. The summed E-state index contributed by atoms with van der Waals surface area (Å²) in [5.74, 6) is -0.880. The predicted molar refractivity (Wildman–Crippen MR) is 74.7 cm³/mol. The normalized spacial score (nSPS) is 11.2. The van der Waals surface area contributed by atoms with Crippen LogP contribution in [0.2, 0.25) is 0 Å². The molecule has 1 aromatic heterocycles. The van der Waals surface area contributed by atoms with Crippen molar-refractivity contribution in [3.63, 3.8) is 0 Å². The molecule has 1 aromatic carbocycles. The summed E-state index contributed by atoms with van der Waals surface area (Å²) in [7, 11) is 0. The van der Waals surface area contributed by atoms with E-state index in [4.69, 9.17) is 9.15 Å². The molecule has 0 spiro atoms. The van der Waals surface area contributed by atoms with Crippen LogP contribution in [0.5, 0.6) is 0 Å². The van der Waals surface area contributed by atoms with E-state index in [1.807, 2.05) is 0 Å². The largest absolute Gasteiger partial charge is 0.456 e. The van der Waals surface area contributed by atoms with Crippen molar-refractivity contribution in [3.8, 4) is 11.3 Å². The highest BCUT2D eigenvalue weighted by molar-refractivity contribution is 5.91. The van der Waals surface area contributed by atoms with Crippen molar-refractivity contribution >= 4 is 12.3 Å². The lowest BCUT2D eigenvalue weighted by molar-refractivity contribution is 0.00647. The molecular weight excluding hydrogens is 275 g/mol. The van der Waals surface area contributed by atoms with E-state index in [-0.39, 0.29) is 11.3 Å². The van der Waals surface area contributed by atoms with Crippen LogP contribution < -0.4 is 0 Å². The Balaban J connectivity index is 2.37. The number of hydrogen-bond acceptors (Lipinski definition) is 4. The number of ether oxygens (including phenoxy) is 1. The molecule has 2 rings (SSSR count). The molecule has 0 aliphatic rings. The van der Waals surface area contributed by atoms with Crippen LogP contribution in [0.3, 0.4) is 0 Å². The third kappa shape index (κ3) is 3.56. The van der Waals surface area contributed by atoms with Crippen molar-refractivity contribution in [1.82, 2.24) is 0 Å². The van der Waals surface area contributed by atoms with Gasteiger partial charge in [0.25, 0.3) is 0 Å². The number of aldehydes is 1. The summed E-state index contributed by atoms with van der Waals surface area (Å²) in [5.41, 5.74) is -0.397. The molecule has 4 nitrogen and oxygen atoms in total. The van der Waals surface area contributed by atoms with Crippen molar-refractivity contribution in [1.29, 1.82) is 0 Å². The minimum absolute atomic E-state index is 0.160. The van der Waals surface area contributed by atoms with Gasteiger partial charge >= 0.3 is 5.97 Å². The van der Waals surface area contributed by atoms with Crippen molar-refractivity contribution in [2.45, 2.75) is 26.4 Å². The highest BCUT2D eigenvalue weighted by atomic mass is 19.1. The van der Waals surface area contributed by atoms with E-state index in [0.29, 0.717) is 17.6 Å². The van der Waals surface area contributed by atoms with E-state index < -0.39 is 17.4 Å². The summed E-state index contributed by atoms with van der Waals surface area (Å²) in [6.45, 7) is 5.11. The number of rotatable bonds is 3. The maximum absolute atomic E-state index is 13.8. The molecule has 0 saturated carbocycles. The third-order valence-corrected chi connectivity index (χ3v) is 2.61. The zero-order valence-corrected chi connectivity index (χ0v) is 12.0. The van der Waals surface area contributed by atoms with Crippen molar-refractivity contribution in [2.75, 3.05) is 0 Å². The molecule has 0 radical (unpaired) electrons. The average molecular weight is 290 g/mol. The molecule has 0 saturated heterocycles. The predicted octanol–water partition coefficient (Wildman–Crippen LogP) is 3.85. The van der Waals surface area contributed by atoms with E-state index in [2.05, 4.69) is 0 Å². The van der Waals surface area contributed by atoms with Gasteiger partial charge in [0.2, 0.25) is 0 Å². The molecule has 0 aliphatic carbocycles. The van der Waals surface area contributed by atoms with E-state index in [9.17, 15) is 14.0 Å². The molecule has 0 atom stereocenters. The smallest absolute Gasteiger partial charge is 0.341 e. The number of halogens is 1. The Bertz CT molecular complexity index is 680. The summed E-state index contributed by atoms with van der Waals surface area (Å²) in [4.78, 5) is 22.6. The van der Waals surface area contributed by atoms with Crippen LogP contribution in [0, 0.1) is 5.82 Å². The number of hydrogen-bond donors (Lipinski definition) is 0. The van der Waals surface area contributed by atoms with Gasteiger partial charge in [-0.15, -0.1) is 0 Å². The maximum Gasteiger partial charge on any atom is 0.341 e. The van der Waals surface area contributed by atoms with Gasteiger partial charge in [0.1, 0.15) is 17.2 Å². The van der Waals surface area contributed by atoms with E-state index >= 15 is 0 Å².